The van der Waals surface area contributed by atoms with Gasteiger partial charge in [-0.3, -0.25) is 0 Å². The molecule has 0 nitrogen and oxygen atoms in total. The first-order valence-electron chi connectivity index (χ1n) is 3.44. The molecular weight excluding hydrogens is 144 g/mol. The van der Waals surface area contributed by atoms with E-state index in [9.17, 15) is 0 Å². The van der Waals surface area contributed by atoms with Crippen LogP contribution in [0.15, 0.2) is 10.6 Å². The SMILES string of the molecule is C[Si](C)(C)C1=CCCS1. The van der Waals surface area contributed by atoms with Crippen LogP contribution in [0.4, 0.5) is 0 Å². The standard InChI is InChI=1S/C7H14SSi/c1-9(2,3)7-5-4-6-8-7/h5H,4,6H2,1-3H3. The number of rotatable bonds is 1. The van der Waals surface area contributed by atoms with Crippen molar-refractivity contribution in [3.8, 4) is 0 Å². The van der Waals surface area contributed by atoms with Gasteiger partial charge in [-0.1, -0.05) is 25.7 Å². The zero-order chi connectivity index (χ0) is 6.91. The van der Waals surface area contributed by atoms with E-state index < -0.39 is 8.07 Å². The minimum atomic E-state index is -0.900. The largest absolute Gasteiger partial charge is 0.135 e. The Kier molecular flexibility index (Phi) is 2.06. The van der Waals surface area contributed by atoms with Gasteiger partial charge in [-0.05, 0) is 10.9 Å². The molecule has 0 unspecified atom stereocenters. The molecule has 52 valence electrons. The molecule has 0 aromatic rings. The van der Waals surface area contributed by atoms with E-state index in [0.29, 0.717) is 0 Å². The van der Waals surface area contributed by atoms with Crippen molar-refractivity contribution < 1.29 is 0 Å². The lowest BCUT2D eigenvalue weighted by molar-refractivity contribution is 1.27. The second-order valence-electron chi connectivity index (χ2n) is 3.46. The molecule has 0 aromatic carbocycles. The van der Waals surface area contributed by atoms with Crippen molar-refractivity contribution in [1.82, 2.24) is 0 Å². The Hall–Kier alpha value is 0.307. The molecule has 1 aliphatic heterocycles. The Labute approximate surface area is 62.7 Å². The quantitative estimate of drug-likeness (QED) is 0.529. The van der Waals surface area contributed by atoms with Crippen molar-refractivity contribution in [3.63, 3.8) is 0 Å². The number of hydrogen-bond donors (Lipinski definition) is 0. The minimum absolute atomic E-state index is 0.900. The van der Waals surface area contributed by atoms with Crippen LogP contribution in [-0.2, 0) is 0 Å². The van der Waals surface area contributed by atoms with E-state index in [1.165, 1.54) is 12.2 Å². The van der Waals surface area contributed by atoms with E-state index >= 15 is 0 Å². The highest BCUT2D eigenvalue weighted by molar-refractivity contribution is 8.05. The van der Waals surface area contributed by atoms with Gasteiger partial charge in [0.1, 0.15) is 0 Å². The van der Waals surface area contributed by atoms with E-state index in [-0.39, 0.29) is 0 Å². The summed E-state index contributed by atoms with van der Waals surface area (Å²) in [4.78, 5) is 0. The van der Waals surface area contributed by atoms with Crippen molar-refractivity contribution in [3.05, 3.63) is 10.6 Å². The molecule has 0 fully saturated rings. The molecule has 1 aliphatic rings. The molecular formula is C7H14SSi. The molecule has 0 N–H and O–H groups in total. The predicted octanol–water partition coefficient (Wildman–Crippen LogP) is 2.88. The molecule has 1 heterocycles. The first-order valence-corrected chi connectivity index (χ1v) is 7.93. The van der Waals surface area contributed by atoms with Crippen LogP contribution in [0.3, 0.4) is 0 Å². The average molecular weight is 158 g/mol. The first kappa shape index (κ1) is 7.41. The summed E-state index contributed by atoms with van der Waals surface area (Å²) in [7, 11) is -0.900. The summed E-state index contributed by atoms with van der Waals surface area (Å²) >= 11 is 2.07. The molecule has 0 aliphatic carbocycles. The molecule has 0 aromatic heterocycles. The van der Waals surface area contributed by atoms with Gasteiger partial charge in [0.05, 0.1) is 8.07 Å². The summed E-state index contributed by atoms with van der Waals surface area (Å²) in [5, 5.41) is 0. The van der Waals surface area contributed by atoms with Gasteiger partial charge in [0.25, 0.3) is 0 Å². The second-order valence-corrected chi connectivity index (χ2v) is 9.99. The second kappa shape index (κ2) is 2.50. The molecule has 2 heteroatoms. The highest BCUT2D eigenvalue weighted by atomic mass is 32.2. The molecule has 0 atom stereocenters. The third kappa shape index (κ3) is 1.87. The van der Waals surface area contributed by atoms with Crippen LogP contribution in [0, 0.1) is 0 Å². The Morgan fingerprint density at radius 1 is 1.44 bits per heavy atom. The van der Waals surface area contributed by atoms with E-state index in [1.54, 1.807) is 4.53 Å². The number of hydrogen-bond acceptors (Lipinski definition) is 1. The van der Waals surface area contributed by atoms with E-state index in [2.05, 4.69) is 37.5 Å². The molecule has 0 saturated carbocycles. The normalized spacial score (nSPS) is 20.1. The minimum Gasteiger partial charge on any atom is -0.135 e. The van der Waals surface area contributed by atoms with Crippen LogP contribution in [0.2, 0.25) is 19.6 Å². The topological polar surface area (TPSA) is 0 Å². The molecule has 0 amide bonds. The summed E-state index contributed by atoms with van der Waals surface area (Å²) in [5.41, 5.74) is 0. The molecule has 1 rings (SSSR count). The maximum atomic E-state index is 2.43. The van der Waals surface area contributed by atoms with Crippen LogP contribution in [0.1, 0.15) is 6.42 Å². The van der Waals surface area contributed by atoms with Crippen molar-refractivity contribution >= 4 is 19.8 Å². The smallest absolute Gasteiger partial charge is 0.0853 e. The molecule has 0 saturated heterocycles. The van der Waals surface area contributed by atoms with Gasteiger partial charge < -0.3 is 0 Å². The number of allylic oxidation sites excluding steroid dienone is 1. The lowest BCUT2D eigenvalue weighted by atomic mass is 10.5. The van der Waals surface area contributed by atoms with Crippen molar-refractivity contribution in [2.24, 2.45) is 0 Å². The maximum Gasteiger partial charge on any atom is 0.0853 e. The van der Waals surface area contributed by atoms with E-state index in [4.69, 9.17) is 0 Å². The average Bonchev–Trinajstić information content (AvgIpc) is 2.08. The summed E-state index contributed by atoms with van der Waals surface area (Å²) in [5.74, 6) is 1.33. The van der Waals surface area contributed by atoms with Crippen LogP contribution in [0.5, 0.6) is 0 Å². The molecule has 0 spiro atoms. The monoisotopic (exact) mass is 158 g/mol. The van der Waals surface area contributed by atoms with Gasteiger partial charge in [-0.15, -0.1) is 11.8 Å². The highest BCUT2D eigenvalue weighted by Gasteiger charge is 2.21. The Morgan fingerprint density at radius 2 is 2.11 bits per heavy atom. The Balaban J connectivity index is 2.61. The van der Waals surface area contributed by atoms with Gasteiger partial charge in [0.15, 0.2) is 0 Å². The molecule has 0 radical (unpaired) electrons. The lowest BCUT2D eigenvalue weighted by Gasteiger charge is -2.15. The van der Waals surface area contributed by atoms with E-state index in [0.717, 1.165) is 0 Å². The summed E-state index contributed by atoms with van der Waals surface area (Å²) in [6.45, 7) is 7.24. The third-order valence-corrected chi connectivity index (χ3v) is 6.31. The van der Waals surface area contributed by atoms with Gasteiger partial charge >= 0.3 is 0 Å². The third-order valence-electron chi connectivity index (χ3n) is 1.44. The van der Waals surface area contributed by atoms with Gasteiger partial charge in [0.2, 0.25) is 0 Å². The van der Waals surface area contributed by atoms with Crippen molar-refractivity contribution in [2.45, 2.75) is 26.1 Å². The molecule has 0 bridgehead atoms. The fourth-order valence-corrected chi connectivity index (χ4v) is 4.43. The van der Waals surface area contributed by atoms with Crippen molar-refractivity contribution in [2.75, 3.05) is 5.75 Å². The zero-order valence-electron chi connectivity index (χ0n) is 6.40. The van der Waals surface area contributed by atoms with Gasteiger partial charge in [-0.2, -0.15) is 0 Å². The van der Waals surface area contributed by atoms with Crippen LogP contribution in [-0.4, -0.2) is 13.8 Å². The van der Waals surface area contributed by atoms with E-state index in [1.807, 2.05) is 0 Å². The fraction of sp³-hybridized carbons (Fsp3) is 0.714. The van der Waals surface area contributed by atoms with Gasteiger partial charge in [-0.25, -0.2) is 0 Å². The summed E-state index contributed by atoms with van der Waals surface area (Å²) < 4.78 is 1.71. The van der Waals surface area contributed by atoms with Gasteiger partial charge in [0, 0.05) is 5.75 Å². The highest BCUT2D eigenvalue weighted by Crippen LogP contribution is 2.32. The maximum absolute atomic E-state index is 2.43. The first-order chi connectivity index (χ1) is 4.11. The van der Waals surface area contributed by atoms with Crippen molar-refractivity contribution in [1.29, 1.82) is 0 Å². The Bertz CT molecular complexity index is 132. The van der Waals surface area contributed by atoms with Crippen LogP contribution in [0.25, 0.3) is 0 Å². The Morgan fingerprint density at radius 3 is 2.33 bits per heavy atom. The number of thioether (sulfide) groups is 1. The fourth-order valence-electron chi connectivity index (χ4n) is 0.941. The summed E-state index contributed by atoms with van der Waals surface area (Å²) in [6, 6.07) is 0. The van der Waals surface area contributed by atoms with Crippen LogP contribution < -0.4 is 0 Å². The molecule has 9 heavy (non-hydrogen) atoms. The lowest BCUT2D eigenvalue weighted by Crippen LogP contribution is -2.20. The predicted molar refractivity (Wildman–Crippen MR) is 48.5 cm³/mol. The zero-order valence-corrected chi connectivity index (χ0v) is 8.22. The van der Waals surface area contributed by atoms with Crippen LogP contribution >= 0.6 is 11.8 Å². The summed E-state index contributed by atoms with van der Waals surface area (Å²) in [6.07, 6.45) is 3.74.